The molecule has 1 aromatic carbocycles. The summed E-state index contributed by atoms with van der Waals surface area (Å²) in [6, 6.07) is 10.0. The molecule has 4 unspecified atom stereocenters. The minimum atomic E-state index is -0.668. The highest BCUT2D eigenvalue weighted by Crippen LogP contribution is 2.39. The van der Waals surface area contributed by atoms with E-state index >= 15 is 0 Å². The summed E-state index contributed by atoms with van der Waals surface area (Å²) in [5.74, 6) is 0.231. The highest BCUT2D eigenvalue weighted by molar-refractivity contribution is 5.66. The maximum Gasteiger partial charge on any atom is 0.303 e. The topological polar surface area (TPSA) is 72.5 Å². The van der Waals surface area contributed by atoms with E-state index in [1.165, 1.54) is 6.92 Å². The van der Waals surface area contributed by atoms with Gasteiger partial charge in [-0.2, -0.15) is 0 Å². The first-order valence-electron chi connectivity index (χ1n) is 12.5. The van der Waals surface area contributed by atoms with E-state index in [0.717, 1.165) is 12.0 Å². The first-order chi connectivity index (χ1) is 16.3. The average Bonchev–Trinajstić information content (AvgIpc) is 2.83. The molecule has 2 aliphatic heterocycles. The maximum atomic E-state index is 11.9. The molecule has 0 spiro atoms. The average molecular weight is 479 g/mol. The molecule has 0 saturated carbocycles. The second kappa shape index (κ2) is 12.5. The van der Waals surface area contributed by atoms with E-state index in [0.29, 0.717) is 13.2 Å². The Kier molecular flexibility index (Phi) is 9.92. The molecule has 0 amide bonds. The number of ether oxygens (including phenoxy) is 6. The number of esters is 1. The van der Waals surface area contributed by atoms with Crippen molar-refractivity contribution in [3.8, 4) is 0 Å². The number of hydrogen-bond acceptors (Lipinski definition) is 7. The zero-order chi connectivity index (χ0) is 24.8. The monoisotopic (exact) mass is 478 g/mol. The van der Waals surface area contributed by atoms with Crippen LogP contribution in [-0.4, -0.2) is 56.7 Å². The van der Waals surface area contributed by atoms with Gasteiger partial charge in [-0.25, -0.2) is 0 Å². The van der Waals surface area contributed by atoms with Gasteiger partial charge in [0.05, 0.1) is 25.4 Å². The lowest BCUT2D eigenvalue weighted by molar-refractivity contribution is -0.334. The Labute approximate surface area is 204 Å². The van der Waals surface area contributed by atoms with Crippen LogP contribution in [0.3, 0.4) is 0 Å². The van der Waals surface area contributed by atoms with Gasteiger partial charge in [0.2, 0.25) is 0 Å². The third-order valence-corrected chi connectivity index (χ3v) is 7.59. The van der Waals surface area contributed by atoms with Crippen LogP contribution in [0, 0.1) is 23.7 Å². The van der Waals surface area contributed by atoms with E-state index in [4.69, 9.17) is 28.4 Å². The second-order valence-corrected chi connectivity index (χ2v) is 9.84. The van der Waals surface area contributed by atoms with Crippen molar-refractivity contribution < 1.29 is 33.2 Å². The fourth-order valence-corrected chi connectivity index (χ4v) is 5.09. The van der Waals surface area contributed by atoms with Crippen LogP contribution in [0.25, 0.3) is 0 Å². The van der Waals surface area contributed by atoms with Gasteiger partial charge in [0.1, 0.15) is 6.10 Å². The smallest absolute Gasteiger partial charge is 0.303 e. The van der Waals surface area contributed by atoms with Gasteiger partial charge in [-0.15, -0.1) is 0 Å². The summed E-state index contributed by atoms with van der Waals surface area (Å²) < 4.78 is 36.7. The first-order valence-corrected chi connectivity index (χ1v) is 12.5. The quantitative estimate of drug-likeness (QED) is 0.482. The van der Waals surface area contributed by atoms with Crippen LogP contribution in [0.2, 0.25) is 0 Å². The number of carbonyl (C=O) groups excluding carboxylic acids is 1. The highest BCUT2D eigenvalue weighted by atomic mass is 16.7. The molecule has 0 radical (unpaired) electrons. The molecule has 2 heterocycles. The molecule has 0 N–H and O–H groups in total. The highest BCUT2D eigenvalue weighted by Gasteiger charge is 2.49. The fraction of sp³-hybridized carbons (Fsp3) is 0.741. The van der Waals surface area contributed by atoms with Gasteiger partial charge in [0, 0.05) is 25.9 Å². The summed E-state index contributed by atoms with van der Waals surface area (Å²) in [7, 11) is 1.66. The van der Waals surface area contributed by atoms with Crippen LogP contribution in [0.5, 0.6) is 0 Å². The van der Waals surface area contributed by atoms with Crippen molar-refractivity contribution in [2.75, 3.05) is 13.7 Å². The summed E-state index contributed by atoms with van der Waals surface area (Å²) >= 11 is 0. The van der Waals surface area contributed by atoms with E-state index < -0.39 is 12.4 Å². The van der Waals surface area contributed by atoms with E-state index in [1.807, 2.05) is 30.3 Å². The Balaban J connectivity index is 1.77. The van der Waals surface area contributed by atoms with Crippen molar-refractivity contribution in [1.29, 1.82) is 0 Å². The predicted octanol–water partition coefficient (Wildman–Crippen LogP) is 4.57. The predicted molar refractivity (Wildman–Crippen MR) is 128 cm³/mol. The molecule has 192 valence electrons. The molecule has 34 heavy (non-hydrogen) atoms. The van der Waals surface area contributed by atoms with Crippen LogP contribution in [-0.2, 0) is 39.8 Å². The van der Waals surface area contributed by atoms with Gasteiger partial charge < -0.3 is 28.4 Å². The van der Waals surface area contributed by atoms with Crippen molar-refractivity contribution in [3.05, 3.63) is 35.9 Å². The molecular formula is C27H42O7. The van der Waals surface area contributed by atoms with Crippen LogP contribution >= 0.6 is 0 Å². The molecule has 3 rings (SSSR count). The van der Waals surface area contributed by atoms with Gasteiger partial charge in [0.15, 0.2) is 18.7 Å². The minimum Gasteiger partial charge on any atom is -0.457 e. The molecule has 2 saturated heterocycles. The molecule has 10 atom stereocenters. The molecule has 7 heteroatoms. The summed E-state index contributed by atoms with van der Waals surface area (Å²) in [4.78, 5) is 11.9. The van der Waals surface area contributed by atoms with E-state index in [9.17, 15) is 4.79 Å². The number of carbonyl (C=O) groups is 1. The zero-order valence-electron chi connectivity index (χ0n) is 21.6. The Morgan fingerprint density at radius 1 is 0.882 bits per heavy atom. The molecule has 2 fully saturated rings. The van der Waals surface area contributed by atoms with Crippen molar-refractivity contribution in [2.45, 2.75) is 91.6 Å². The summed E-state index contributed by atoms with van der Waals surface area (Å²) in [6.07, 6.45) is -1.26. The Hall–Kier alpha value is -1.51. The first kappa shape index (κ1) is 27.1. The SMILES string of the molecule is CCC1O[C@H](O[C@H]2C(COCc3ccccc3)O[C@H](OC)C(C)[C@H]2C)C(OC(C)=O)[C@@H](C)[C@@H]1C. The standard InChI is InChI=1S/C27H42O7/c1-8-22-16(2)17(3)25(31-20(6)28)27(32-22)34-24-18(4)19(5)26(29-7)33-23(24)15-30-14-21-12-10-9-11-13-21/h9-13,16-19,22-27H,8,14-15H2,1-7H3/t16-,17-,18+,19?,22?,23?,24+,25?,26-,27+/m0/s1. The second-order valence-electron chi connectivity index (χ2n) is 9.84. The van der Waals surface area contributed by atoms with Gasteiger partial charge >= 0.3 is 5.97 Å². The van der Waals surface area contributed by atoms with Gasteiger partial charge in [0.25, 0.3) is 0 Å². The molecule has 1 aromatic rings. The Morgan fingerprint density at radius 2 is 1.53 bits per heavy atom. The number of rotatable bonds is 9. The van der Waals surface area contributed by atoms with Crippen LogP contribution in [0.4, 0.5) is 0 Å². The third kappa shape index (κ3) is 6.38. The lowest BCUT2D eigenvalue weighted by Gasteiger charge is -2.48. The van der Waals surface area contributed by atoms with Gasteiger partial charge in [-0.3, -0.25) is 4.79 Å². The van der Waals surface area contributed by atoms with E-state index in [-0.39, 0.29) is 54.2 Å². The van der Waals surface area contributed by atoms with Crippen molar-refractivity contribution in [1.82, 2.24) is 0 Å². The fourth-order valence-electron chi connectivity index (χ4n) is 5.09. The summed E-state index contributed by atoms with van der Waals surface area (Å²) in [5, 5.41) is 0. The zero-order valence-corrected chi connectivity index (χ0v) is 21.6. The molecule has 0 bridgehead atoms. The van der Waals surface area contributed by atoms with Crippen LogP contribution in [0.15, 0.2) is 30.3 Å². The number of benzene rings is 1. The minimum absolute atomic E-state index is 0.0311. The third-order valence-electron chi connectivity index (χ3n) is 7.59. The Morgan fingerprint density at radius 3 is 2.15 bits per heavy atom. The molecule has 0 aliphatic carbocycles. The summed E-state index contributed by atoms with van der Waals surface area (Å²) in [5.41, 5.74) is 1.10. The number of hydrogen-bond donors (Lipinski definition) is 0. The van der Waals surface area contributed by atoms with Crippen molar-refractivity contribution in [2.24, 2.45) is 23.7 Å². The molecule has 2 aliphatic rings. The van der Waals surface area contributed by atoms with E-state index in [1.54, 1.807) is 7.11 Å². The molecular weight excluding hydrogens is 436 g/mol. The molecule has 7 nitrogen and oxygen atoms in total. The normalized spacial score (nSPS) is 38.4. The van der Waals surface area contributed by atoms with Crippen LogP contribution < -0.4 is 0 Å². The Bertz CT molecular complexity index is 757. The maximum absolute atomic E-state index is 11.9. The number of methoxy groups -OCH3 is 1. The largest absolute Gasteiger partial charge is 0.457 e. The van der Waals surface area contributed by atoms with E-state index in [2.05, 4.69) is 34.6 Å². The van der Waals surface area contributed by atoms with Crippen molar-refractivity contribution >= 4 is 5.97 Å². The van der Waals surface area contributed by atoms with Gasteiger partial charge in [-0.05, 0) is 23.8 Å². The summed E-state index contributed by atoms with van der Waals surface area (Å²) in [6.45, 7) is 12.9. The lowest BCUT2D eigenvalue weighted by Crippen LogP contribution is -2.58. The van der Waals surface area contributed by atoms with Crippen molar-refractivity contribution in [3.63, 3.8) is 0 Å². The van der Waals surface area contributed by atoms with Gasteiger partial charge in [-0.1, -0.05) is 65.0 Å². The molecule has 0 aromatic heterocycles. The van der Waals surface area contributed by atoms with Crippen LogP contribution in [0.1, 0.15) is 53.5 Å². The lowest BCUT2D eigenvalue weighted by atomic mass is 9.82.